The van der Waals surface area contributed by atoms with Crippen LogP contribution < -0.4 is 15.5 Å². The summed E-state index contributed by atoms with van der Waals surface area (Å²) in [5.41, 5.74) is -4.37. The fraction of sp³-hybridized carbons (Fsp3) is 0.333. The highest BCUT2D eigenvalue weighted by atomic mass is 35.5. The molecule has 18 heteroatoms. The number of hydrogen-bond acceptors (Lipinski definition) is 6. The van der Waals surface area contributed by atoms with Gasteiger partial charge in [0.25, 0.3) is 5.91 Å². The van der Waals surface area contributed by atoms with Crippen molar-refractivity contribution in [3.05, 3.63) is 85.1 Å². The van der Waals surface area contributed by atoms with Gasteiger partial charge < -0.3 is 20.1 Å². The van der Waals surface area contributed by atoms with Gasteiger partial charge in [0.15, 0.2) is 5.82 Å². The third-order valence-electron chi connectivity index (χ3n) is 6.92. The number of rotatable bonds is 6. The van der Waals surface area contributed by atoms with Crippen LogP contribution in [0.4, 0.5) is 39.8 Å². The van der Waals surface area contributed by atoms with E-state index in [1.54, 1.807) is 0 Å². The van der Waals surface area contributed by atoms with Crippen molar-refractivity contribution in [2.75, 3.05) is 15.5 Å². The van der Waals surface area contributed by atoms with Crippen molar-refractivity contribution in [2.45, 2.75) is 63.0 Å². The van der Waals surface area contributed by atoms with Crippen molar-refractivity contribution in [3.8, 4) is 0 Å². The molecule has 9 nitrogen and oxygen atoms in total. The first-order chi connectivity index (χ1) is 23.3. The number of imide groups is 1. The van der Waals surface area contributed by atoms with E-state index in [0.717, 1.165) is 12.1 Å². The van der Waals surface area contributed by atoms with Gasteiger partial charge in [0.1, 0.15) is 27.2 Å². The van der Waals surface area contributed by atoms with E-state index in [9.17, 15) is 23.6 Å². The van der Waals surface area contributed by atoms with E-state index in [1.165, 1.54) is 53.7 Å². The third kappa shape index (κ3) is 9.27. The van der Waals surface area contributed by atoms with Crippen LogP contribution in [0.1, 0.15) is 63.4 Å². The van der Waals surface area contributed by atoms with Crippen LogP contribution in [-0.2, 0) is 14.3 Å². The normalized spacial score (nSPS) is 16.6. The number of amides is 4. The van der Waals surface area contributed by atoms with Crippen LogP contribution in [-0.4, -0.2) is 39.5 Å². The maximum absolute atomic E-state index is 15.2. The van der Waals surface area contributed by atoms with Crippen LogP contribution in [0.3, 0.4) is 0 Å². The third-order valence-corrected chi connectivity index (χ3v) is 9.44. The molecule has 0 spiro atoms. The van der Waals surface area contributed by atoms with Crippen molar-refractivity contribution in [3.63, 3.8) is 0 Å². The van der Waals surface area contributed by atoms with Crippen molar-refractivity contribution in [1.82, 2.24) is 0 Å². The molecule has 0 aliphatic heterocycles. The van der Waals surface area contributed by atoms with Gasteiger partial charge in [-0.3, -0.25) is 9.59 Å². The minimum Gasteiger partial charge on any atom is -0.443 e. The van der Waals surface area contributed by atoms with Gasteiger partial charge in [-0.05, 0) is 77.4 Å². The van der Waals surface area contributed by atoms with Crippen LogP contribution in [0.15, 0.2) is 36.4 Å². The fourth-order valence-corrected chi connectivity index (χ4v) is 6.39. The quantitative estimate of drug-likeness (QED) is 0.189. The number of nitrogens with one attached hydrogen (secondary N) is 2. The van der Waals surface area contributed by atoms with Gasteiger partial charge in [0.05, 0.1) is 42.9 Å². The molecule has 3 aromatic carbocycles. The van der Waals surface area contributed by atoms with E-state index in [4.69, 9.17) is 79.1 Å². The van der Waals surface area contributed by atoms with Gasteiger partial charge in [0, 0.05) is 17.7 Å². The Bertz CT molecular complexity index is 1900. The second kappa shape index (κ2) is 14.7. The summed E-state index contributed by atoms with van der Waals surface area (Å²) in [7, 11) is 0. The number of halogens is 9. The van der Waals surface area contributed by atoms with Gasteiger partial charge in [0.2, 0.25) is 5.91 Å². The number of carbonyl (C=O) groups excluding carboxylic acids is 4. The molecule has 4 amide bonds. The molecule has 0 saturated heterocycles. The minimum absolute atomic E-state index is 0.0843. The van der Waals surface area contributed by atoms with Crippen LogP contribution in [0.5, 0.6) is 0 Å². The molecule has 0 unspecified atom stereocenters. The zero-order valence-electron chi connectivity index (χ0n) is 27.4. The topological polar surface area (TPSA) is 114 Å². The lowest BCUT2D eigenvalue weighted by atomic mass is 10.1. The summed E-state index contributed by atoms with van der Waals surface area (Å²) in [6.07, 6.45) is -2.74. The Morgan fingerprint density at radius 3 is 1.76 bits per heavy atom. The Balaban J connectivity index is 1.63. The predicted molar refractivity (Wildman–Crippen MR) is 191 cm³/mol. The summed E-state index contributed by atoms with van der Waals surface area (Å²) >= 11 is 37.1. The highest BCUT2D eigenvalue weighted by molar-refractivity contribution is 6.54. The van der Waals surface area contributed by atoms with E-state index < -0.39 is 90.8 Å². The molecule has 0 radical (unpaired) electrons. The average Bonchev–Trinajstić information content (AvgIpc) is 3.55. The lowest BCUT2D eigenvalue weighted by molar-refractivity contribution is -0.117. The number of ether oxygens (including phenoxy) is 2. The zero-order chi connectivity index (χ0) is 38.5. The van der Waals surface area contributed by atoms with E-state index in [0.29, 0.717) is 17.7 Å². The van der Waals surface area contributed by atoms with Crippen molar-refractivity contribution < 1.29 is 41.8 Å². The Morgan fingerprint density at radius 1 is 0.725 bits per heavy atom. The van der Waals surface area contributed by atoms with Gasteiger partial charge >= 0.3 is 12.2 Å². The smallest absolute Gasteiger partial charge is 0.424 e. The molecular formula is C33H28Cl6F3N3O6. The summed E-state index contributed by atoms with van der Waals surface area (Å²) in [6.45, 7) is 8.92. The second-order valence-electron chi connectivity index (χ2n) is 13.3. The van der Waals surface area contributed by atoms with Gasteiger partial charge in [-0.2, -0.15) is 4.90 Å². The molecule has 51 heavy (non-hydrogen) atoms. The highest BCUT2D eigenvalue weighted by Gasteiger charge is 2.67. The second-order valence-corrected chi connectivity index (χ2v) is 16.3. The number of anilines is 3. The molecule has 2 atom stereocenters. The molecule has 4 rings (SSSR count). The Kier molecular flexibility index (Phi) is 11.7. The maximum atomic E-state index is 15.2. The van der Waals surface area contributed by atoms with E-state index in [2.05, 4.69) is 10.6 Å². The number of alkyl halides is 2. The molecule has 274 valence electrons. The minimum atomic E-state index is -1.62. The largest absolute Gasteiger partial charge is 0.443 e. The lowest BCUT2D eigenvalue weighted by Crippen LogP contribution is -2.44. The van der Waals surface area contributed by atoms with Crippen LogP contribution in [0, 0.1) is 23.4 Å². The Labute approximate surface area is 320 Å². The molecular weight excluding hydrogens is 804 g/mol. The van der Waals surface area contributed by atoms with Crippen molar-refractivity contribution in [2.24, 2.45) is 5.92 Å². The van der Waals surface area contributed by atoms with Crippen molar-refractivity contribution >= 4 is 111 Å². The van der Waals surface area contributed by atoms with Crippen LogP contribution >= 0.6 is 69.6 Å². The van der Waals surface area contributed by atoms with Gasteiger partial charge in [-0.1, -0.05) is 46.4 Å². The Hall–Kier alpha value is -3.13. The first kappa shape index (κ1) is 40.6. The summed E-state index contributed by atoms with van der Waals surface area (Å²) in [5, 5.41) is 4.08. The number of nitrogens with zero attached hydrogens (tertiary/aromatic N) is 1. The predicted octanol–water partition coefficient (Wildman–Crippen LogP) is 11.2. The van der Waals surface area contributed by atoms with Crippen LogP contribution in [0.2, 0.25) is 20.1 Å². The molecule has 0 heterocycles. The van der Waals surface area contributed by atoms with E-state index >= 15 is 8.78 Å². The molecule has 1 fully saturated rings. The monoisotopic (exact) mass is 829 g/mol. The van der Waals surface area contributed by atoms with Gasteiger partial charge in [-0.15, -0.1) is 23.2 Å². The number of hydrogen-bond donors (Lipinski definition) is 2. The number of benzene rings is 3. The van der Waals surface area contributed by atoms with Crippen LogP contribution in [0.25, 0.3) is 0 Å². The molecule has 0 aromatic heterocycles. The SMILES string of the molecule is CC(C)(C)OC(=O)N(C(=O)OC(C)(C)C)c1cc(NC(=O)c2cc(NC(=O)[C@H]3[C@H](c4cc(Cl)c(Cl)c(Cl)c4)C3(Cl)Cl)cc(F)c2Cl)c(F)cc1F. The first-order valence-corrected chi connectivity index (χ1v) is 17.0. The molecule has 3 aromatic rings. The maximum Gasteiger partial charge on any atom is 0.424 e. The summed E-state index contributed by atoms with van der Waals surface area (Å²) < 4.78 is 54.0. The lowest BCUT2D eigenvalue weighted by Gasteiger charge is -2.29. The summed E-state index contributed by atoms with van der Waals surface area (Å²) in [4.78, 5) is 52.9. The van der Waals surface area contributed by atoms with Gasteiger partial charge in [-0.25, -0.2) is 22.8 Å². The molecule has 2 N–H and O–H groups in total. The Morgan fingerprint density at radius 2 is 1.25 bits per heavy atom. The molecule has 1 aliphatic rings. The number of carbonyl (C=O) groups is 4. The highest BCUT2D eigenvalue weighted by Crippen LogP contribution is 2.65. The van der Waals surface area contributed by atoms with E-state index in [1.807, 2.05) is 0 Å². The molecule has 1 saturated carbocycles. The fourth-order valence-electron chi connectivity index (χ4n) is 4.75. The zero-order valence-corrected chi connectivity index (χ0v) is 32.0. The molecule has 0 bridgehead atoms. The first-order valence-electron chi connectivity index (χ1n) is 14.7. The standard InChI is InChI=1S/C33H28Cl6F3N3O6/c1-31(2,3)50-29(48)45(30(49)51-32(4,5)6)22-12-21(18(40)11-19(22)41)44-27(46)15-9-14(10-20(42)25(15)36)43-28(47)24-23(33(24,38)39)13-7-16(34)26(37)17(35)8-13/h7-12,23-24H,1-6H3,(H,43,47)(H,44,46)/t23-,24+/m0/s1. The van der Waals surface area contributed by atoms with E-state index in [-0.39, 0.29) is 25.7 Å². The summed E-state index contributed by atoms with van der Waals surface area (Å²) in [6, 6.07) is 5.60. The summed E-state index contributed by atoms with van der Waals surface area (Å²) in [5.74, 6) is -7.80. The van der Waals surface area contributed by atoms with Crippen molar-refractivity contribution in [1.29, 1.82) is 0 Å². The molecule has 1 aliphatic carbocycles. The average molecular weight is 832 g/mol.